The van der Waals surface area contributed by atoms with E-state index in [1.165, 1.54) is 24.8 Å². The quantitative estimate of drug-likeness (QED) is 0.586. The van der Waals surface area contributed by atoms with Crippen LogP contribution in [0.1, 0.15) is 52.2 Å². The molecule has 0 unspecified atom stereocenters. The number of hydrogen-bond donors (Lipinski definition) is 2. The second kappa shape index (κ2) is 8.60. The number of nitrogens with zero attached hydrogens (tertiary/aromatic N) is 1. The van der Waals surface area contributed by atoms with Crippen LogP contribution in [0, 0.1) is 6.92 Å². The fraction of sp³-hybridized carbons (Fsp3) is 0.421. The zero-order chi connectivity index (χ0) is 18.5. The van der Waals surface area contributed by atoms with Gasteiger partial charge in [-0.3, -0.25) is 0 Å². The van der Waals surface area contributed by atoms with Gasteiger partial charge in [0.25, 0.3) is 0 Å². The summed E-state index contributed by atoms with van der Waals surface area (Å²) in [4.78, 5) is 18.1. The number of rotatable bonds is 3. The molecule has 2 heterocycles. The van der Waals surface area contributed by atoms with Gasteiger partial charge >= 0.3 is 5.97 Å². The highest BCUT2D eigenvalue weighted by Gasteiger charge is 2.25. The first-order valence-electron chi connectivity index (χ1n) is 8.83. The van der Waals surface area contributed by atoms with Gasteiger partial charge in [0.1, 0.15) is 10.8 Å². The van der Waals surface area contributed by atoms with Crippen molar-refractivity contribution in [2.75, 3.05) is 17.7 Å². The smallest absolute Gasteiger partial charge is 0.341 e. The standard InChI is InChI=1S/C19H23N3O2S2/c1-12-8-7-11-15(20-12)21-19(25)22-17-16(18(23)24-2)13-9-5-3-4-6-10-14(13)26-17/h7-8,11H,3-6,9-10H2,1-2H3,(H2,20,21,22,25). The van der Waals surface area contributed by atoms with Crippen molar-refractivity contribution in [3.05, 3.63) is 39.9 Å². The molecule has 7 heteroatoms. The van der Waals surface area contributed by atoms with Crippen molar-refractivity contribution in [2.24, 2.45) is 0 Å². The maximum absolute atomic E-state index is 12.4. The number of pyridine rings is 1. The van der Waals surface area contributed by atoms with Crippen LogP contribution in [-0.4, -0.2) is 23.2 Å². The van der Waals surface area contributed by atoms with Crippen LogP contribution < -0.4 is 10.6 Å². The van der Waals surface area contributed by atoms with Crippen LogP contribution in [0.3, 0.4) is 0 Å². The minimum Gasteiger partial charge on any atom is -0.465 e. The number of nitrogens with one attached hydrogen (secondary N) is 2. The Hall–Kier alpha value is -1.99. The highest BCUT2D eigenvalue weighted by molar-refractivity contribution is 7.80. The Labute approximate surface area is 163 Å². The molecule has 0 amide bonds. The Morgan fingerprint density at radius 2 is 1.96 bits per heavy atom. The third-order valence-corrected chi connectivity index (χ3v) is 5.83. The first kappa shape index (κ1) is 18.8. The van der Waals surface area contributed by atoms with E-state index in [2.05, 4.69) is 15.6 Å². The number of anilines is 2. The van der Waals surface area contributed by atoms with Crippen LogP contribution in [0.25, 0.3) is 0 Å². The summed E-state index contributed by atoms with van der Waals surface area (Å²) >= 11 is 7.04. The minimum atomic E-state index is -0.304. The van der Waals surface area contributed by atoms with Gasteiger partial charge in [-0.2, -0.15) is 0 Å². The minimum absolute atomic E-state index is 0.304. The predicted octanol–water partition coefficient (Wildman–Crippen LogP) is 4.71. The van der Waals surface area contributed by atoms with Crippen LogP contribution in [0.15, 0.2) is 18.2 Å². The first-order valence-corrected chi connectivity index (χ1v) is 10.1. The number of carbonyl (C=O) groups excluding carboxylic acids is 1. The summed E-state index contributed by atoms with van der Waals surface area (Å²) < 4.78 is 5.04. The molecule has 1 aliphatic rings. The summed E-state index contributed by atoms with van der Waals surface area (Å²) in [5.41, 5.74) is 2.67. The summed E-state index contributed by atoms with van der Waals surface area (Å²) in [6, 6.07) is 5.70. The molecular weight excluding hydrogens is 366 g/mol. The fourth-order valence-corrected chi connectivity index (χ4v) is 4.74. The monoisotopic (exact) mass is 389 g/mol. The molecule has 3 rings (SSSR count). The largest absolute Gasteiger partial charge is 0.465 e. The lowest BCUT2D eigenvalue weighted by molar-refractivity contribution is 0.0601. The van der Waals surface area contributed by atoms with E-state index in [1.54, 1.807) is 11.3 Å². The zero-order valence-corrected chi connectivity index (χ0v) is 16.7. The van der Waals surface area contributed by atoms with E-state index in [0.717, 1.165) is 41.9 Å². The number of hydrogen-bond acceptors (Lipinski definition) is 5. The third-order valence-electron chi connectivity index (χ3n) is 4.42. The highest BCUT2D eigenvalue weighted by atomic mass is 32.1. The number of thiocarbonyl (C=S) groups is 1. The van der Waals surface area contributed by atoms with Gasteiger partial charge in [0.2, 0.25) is 0 Å². The Balaban J connectivity index is 1.85. The van der Waals surface area contributed by atoms with Crippen molar-refractivity contribution in [1.29, 1.82) is 0 Å². The lowest BCUT2D eigenvalue weighted by Crippen LogP contribution is -2.21. The number of methoxy groups -OCH3 is 1. The lowest BCUT2D eigenvalue weighted by atomic mass is 9.96. The van der Waals surface area contributed by atoms with E-state index in [0.29, 0.717) is 16.5 Å². The zero-order valence-electron chi connectivity index (χ0n) is 15.1. The van der Waals surface area contributed by atoms with Crippen LogP contribution in [0.2, 0.25) is 0 Å². The van der Waals surface area contributed by atoms with E-state index >= 15 is 0 Å². The maximum Gasteiger partial charge on any atom is 0.341 e. The molecule has 5 nitrogen and oxygen atoms in total. The van der Waals surface area contributed by atoms with Crippen molar-refractivity contribution in [1.82, 2.24) is 4.98 Å². The van der Waals surface area contributed by atoms with E-state index in [9.17, 15) is 4.79 Å². The van der Waals surface area contributed by atoms with Crippen molar-refractivity contribution in [3.8, 4) is 0 Å². The molecule has 0 spiro atoms. The number of ether oxygens (including phenoxy) is 1. The van der Waals surface area contributed by atoms with Crippen LogP contribution in [0.4, 0.5) is 10.8 Å². The van der Waals surface area contributed by atoms with Crippen molar-refractivity contribution >= 4 is 45.5 Å². The molecule has 1 aliphatic carbocycles. The number of carbonyl (C=O) groups is 1. The lowest BCUT2D eigenvalue weighted by Gasteiger charge is -2.12. The van der Waals surface area contributed by atoms with E-state index in [4.69, 9.17) is 17.0 Å². The van der Waals surface area contributed by atoms with E-state index in [-0.39, 0.29) is 5.97 Å². The third kappa shape index (κ3) is 4.40. The van der Waals surface area contributed by atoms with Gasteiger partial charge in [-0.15, -0.1) is 11.3 Å². The van der Waals surface area contributed by atoms with Crippen molar-refractivity contribution in [2.45, 2.75) is 45.4 Å². The van der Waals surface area contributed by atoms with E-state index in [1.807, 2.05) is 25.1 Å². The molecule has 0 saturated heterocycles. The van der Waals surface area contributed by atoms with Gasteiger partial charge in [-0.1, -0.05) is 18.9 Å². The average Bonchev–Trinajstić information content (AvgIpc) is 2.90. The second-order valence-corrected chi connectivity index (χ2v) is 7.87. The molecule has 2 aromatic heterocycles. The molecule has 0 atom stereocenters. The summed E-state index contributed by atoms with van der Waals surface area (Å²) in [7, 11) is 1.42. The highest BCUT2D eigenvalue weighted by Crippen LogP contribution is 2.37. The Morgan fingerprint density at radius 3 is 2.69 bits per heavy atom. The molecule has 2 aromatic rings. The van der Waals surface area contributed by atoms with Gasteiger partial charge in [-0.05, 0) is 62.5 Å². The Bertz CT molecular complexity index is 817. The van der Waals surface area contributed by atoms with Crippen LogP contribution >= 0.6 is 23.6 Å². The predicted molar refractivity (Wildman–Crippen MR) is 110 cm³/mol. The normalized spacial score (nSPS) is 13.9. The van der Waals surface area contributed by atoms with Crippen molar-refractivity contribution in [3.63, 3.8) is 0 Å². The molecule has 2 N–H and O–H groups in total. The molecule has 0 aromatic carbocycles. The molecule has 0 bridgehead atoms. The Kier molecular flexibility index (Phi) is 6.21. The van der Waals surface area contributed by atoms with Crippen LogP contribution in [0.5, 0.6) is 0 Å². The summed E-state index contributed by atoms with van der Waals surface area (Å²) in [5.74, 6) is 0.374. The topological polar surface area (TPSA) is 63.2 Å². The number of aryl methyl sites for hydroxylation is 2. The maximum atomic E-state index is 12.4. The molecule has 26 heavy (non-hydrogen) atoms. The summed E-state index contributed by atoms with van der Waals surface area (Å²) in [6.07, 6.45) is 6.62. The van der Waals surface area contributed by atoms with Gasteiger partial charge < -0.3 is 15.4 Å². The first-order chi connectivity index (χ1) is 12.6. The van der Waals surface area contributed by atoms with Gasteiger partial charge in [-0.25, -0.2) is 9.78 Å². The molecule has 138 valence electrons. The van der Waals surface area contributed by atoms with Gasteiger partial charge in [0.15, 0.2) is 5.11 Å². The van der Waals surface area contributed by atoms with Gasteiger partial charge in [0.05, 0.1) is 12.7 Å². The van der Waals surface area contributed by atoms with Gasteiger partial charge in [0, 0.05) is 10.6 Å². The number of esters is 1. The molecule has 0 radical (unpaired) electrons. The Morgan fingerprint density at radius 1 is 1.19 bits per heavy atom. The van der Waals surface area contributed by atoms with Crippen LogP contribution in [-0.2, 0) is 17.6 Å². The molecular formula is C19H23N3O2S2. The number of fused-ring (bicyclic) bond motifs is 1. The molecule has 0 fully saturated rings. The second-order valence-electron chi connectivity index (χ2n) is 6.36. The number of thiophene rings is 1. The fourth-order valence-electron chi connectivity index (χ4n) is 3.19. The molecule has 0 aliphatic heterocycles. The van der Waals surface area contributed by atoms with Crippen molar-refractivity contribution < 1.29 is 9.53 Å². The SMILES string of the molecule is COC(=O)c1c(NC(=S)Nc2cccc(C)n2)sc2c1CCCCCC2. The average molecular weight is 390 g/mol. The summed E-state index contributed by atoms with van der Waals surface area (Å²) in [5, 5.41) is 7.45. The summed E-state index contributed by atoms with van der Waals surface area (Å²) in [6.45, 7) is 1.93. The number of aromatic nitrogens is 1. The van der Waals surface area contributed by atoms with E-state index < -0.39 is 0 Å². The molecule has 0 saturated carbocycles.